The Labute approximate surface area is 155 Å². The normalized spacial score (nSPS) is 17.7. The fourth-order valence-electron chi connectivity index (χ4n) is 3.93. The van der Waals surface area contributed by atoms with Crippen LogP contribution in [-0.2, 0) is 9.53 Å². The molecule has 0 bridgehead atoms. The minimum absolute atomic E-state index is 0.0775. The molecule has 0 aromatic heterocycles. The molecule has 0 saturated heterocycles. The Morgan fingerprint density at radius 3 is 2.35 bits per heavy atom. The molecular formula is C21H30F2O3. The molecule has 1 aliphatic carbocycles. The zero-order chi connectivity index (χ0) is 18.9. The van der Waals surface area contributed by atoms with Gasteiger partial charge in [0, 0.05) is 5.92 Å². The van der Waals surface area contributed by atoms with Crippen molar-refractivity contribution in [1.82, 2.24) is 0 Å². The minimum atomic E-state index is -2.74. The summed E-state index contributed by atoms with van der Waals surface area (Å²) in [5.74, 6) is -1.95. The Balaban J connectivity index is 2.26. The SMILES string of the molecule is CCCCOc1ccc(C(C2CCCCC2)C(C(=O)OC)C(F)F)cc1. The van der Waals surface area contributed by atoms with Gasteiger partial charge < -0.3 is 9.47 Å². The summed E-state index contributed by atoms with van der Waals surface area (Å²) in [6.45, 7) is 2.74. The molecule has 2 rings (SSSR count). The average Bonchev–Trinajstić information content (AvgIpc) is 2.67. The highest BCUT2D eigenvalue weighted by Crippen LogP contribution is 2.43. The van der Waals surface area contributed by atoms with Crippen molar-refractivity contribution in [1.29, 1.82) is 0 Å². The molecule has 0 radical (unpaired) electrons. The number of hydrogen-bond acceptors (Lipinski definition) is 3. The van der Waals surface area contributed by atoms with Crippen LogP contribution in [0.4, 0.5) is 8.78 Å². The van der Waals surface area contributed by atoms with Crippen LogP contribution in [0.15, 0.2) is 24.3 Å². The molecule has 1 saturated carbocycles. The van der Waals surface area contributed by atoms with Crippen molar-refractivity contribution >= 4 is 5.97 Å². The maximum atomic E-state index is 13.8. The second-order valence-electron chi connectivity index (χ2n) is 7.08. The van der Waals surface area contributed by atoms with Gasteiger partial charge in [0.15, 0.2) is 0 Å². The quantitative estimate of drug-likeness (QED) is 0.421. The molecule has 1 aliphatic rings. The second kappa shape index (κ2) is 10.5. The number of alkyl halides is 2. The molecule has 0 aliphatic heterocycles. The third-order valence-corrected chi connectivity index (χ3v) is 5.32. The molecule has 146 valence electrons. The number of methoxy groups -OCH3 is 1. The van der Waals surface area contributed by atoms with E-state index in [1.165, 1.54) is 7.11 Å². The van der Waals surface area contributed by atoms with Crippen LogP contribution in [-0.4, -0.2) is 26.1 Å². The molecule has 3 nitrogen and oxygen atoms in total. The van der Waals surface area contributed by atoms with Crippen LogP contribution in [0.25, 0.3) is 0 Å². The molecule has 26 heavy (non-hydrogen) atoms. The number of esters is 1. The standard InChI is InChI=1S/C21H30F2O3/c1-3-4-14-26-17-12-10-16(11-13-17)18(15-8-6-5-7-9-15)19(20(22)23)21(24)25-2/h10-13,15,18-20H,3-9,14H2,1-2H3. The second-order valence-corrected chi connectivity index (χ2v) is 7.08. The summed E-state index contributed by atoms with van der Waals surface area (Å²) in [6.07, 6.45) is 4.21. The van der Waals surface area contributed by atoms with E-state index in [1.54, 1.807) is 0 Å². The third kappa shape index (κ3) is 5.42. The van der Waals surface area contributed by atoms with Crippen molar-refractivity contribution in [3.63, 3.8) is 0 Å². The van der Waals surface area contributed by atoms with Crippen LogP contribution in [0.5, 0.6) is 5.75 Å². The highest BCUT2D eigenvalue weighted by atomic mass is 19.3. The van der Waals surface area contributed by atoms with Gasteiger partial charge in [-0.15, -0.1) is 0 Å². The van der Waals surface area contributed by atoms with Crippen LogP contribution in [0.3, 0.4) is 0 Å². The highest BCUT2D eigenvalue weighted by molar-refractivity contribution is 5.74. The third-order valence-electron chi connectivity index (χ3n) is 5.32. The summed E-state index contributed by atoms with van der Waals surface area (Å²) < 4.78 is 37.9. The fourth-order valence-corrected chi connectivity index (χ4v) is 3.93. The van der Waals surface area contributed by atoms with Gasteiger partial charge >= 0.3 is 5.97 Å². The number of rotatable bonds is 9. The summed E-state index contributed by atoms with van der Waals surface area (Å²) in [6, 6.07) is 7.30. The van der Waals surface area contributed by atoms with Crippen molar-refractivity contribution in [2.75, 3.05) is 13.7 Å². The Morgan fingerprint density at radius 2 is 1.81 bits per heavy atom. The van der Waals surface area contributed by atoms with Crippen molar-refractivity contribution in [2.45, 2.75) is 64.2 Å². The lowest BCUT2D eigenvalue weighted by Gasteiger charge is -2.34. The van der Waals surface area contributed by atoms with Crippen molar-refractivity contribution in [2.24, 2.45) is 11.8 Å². The van der Waals surface area contributed by atoms with E-state index in [2.05, 4.69) is 6.92 Å². The largest absolute Gasteiger partial charge is 0.494 e. The van der Waals surface area contributed by atoms with E-state index in [-0.39, 0.29) is 5.92 Å². The molecule has 2 unspecified atom stereocenters. The van der Waals surface area contributed by atoms with Crippen LogP contribution < -0.4 is 4.74 Å². The van der Waals surface area contributed by atoms with Gasteiger partial charge in [0.25, 0.3) is 6.43 Å². The zero-order valence-electron chi connectivity index (χ0n) is 15.8. The maximum Gasteiger partial charge on any atom is 0.315 e. The van der Waals surface area contributed by atoms with E-state index in [0.717, 1.165) is 56.3 Å². The van der Waals surface area contributed by atoms with Gasteiger partial charge in [0.2, 0.25) is 0 Å². The molecule has 0 heterocycles. The van der Waals surface area contributed by atoms with Gasteiger partial charge in [-0.1, -0.05) is 44.7 Å². The molecule has 2 atom stereocenters. The molecule has 1 aromatic carbocycles. The lowest BCUT2D eigenvalue weighted by atomic mass is 9.71. The smallest absolute Gasteiger partial charge is 0.315 e. The summed E-state index contributed by atoms with van der Waals surface area (Å²) in [4.78, 5) is 12.1. The van der Waals surface area contributed by atoms with E-state index in [4.69, 9.17) is 9.47 Å². The summed E-state index contributed by atoms with van der Waals surface area (Å²) >= 11 is 0. The van der Waals surface area contributed by atoms with Gasteiger partial charge in [-0.25, -0.2) is 8.78 Å². The first-order valence-electron chi connectivity index (χ1n) is 9.67. The topological polar surface area (TPSA) is 35.5 Å². The molecule has 5 heteroatoms. The van der Waals surface area contributed by atoms with Gasteiger partial charge in [0.05, 0.1) is 13.7 Å². The molecular weight excluding hydrogens is 338 g/mol. The fraction of sp³-hybridized carbons (Fsp3) is 0.667. The minimum Gasteiger partial charge on any atom is -0.494 e. The number of benzene rings is 1. The number of halogens is 2. The molecule has 0 N–H and O–H groups in total. The van der Waals surface area contributed by atoms with Gasteiger partial charge in [0.1, 0.15) is 11.7 Å². The molecule has 1 aromatic rings. The van der Waals surface area contributed by atoms with Gasteiger partial charge in [-0.05, 0) is 42.9 Å². The first-order valence-corrected chi connectivity index (χ1v) is 9.67. The van der Waals surface area contributed by atoms with E-state index in [9.17, 15) is 13.6 Å². The van der Waals surface area contributed by atoms with Crippen LogP contribution in [0.1, 0.15) is 63.4 Å². The van der Waals surface area contributed by atoms with Gasteiger partial charge in [-0.2, -0.15) is 0 Å². The Bertz CT molecular complexity index is 539. The number of unbranched alkanes of at least 4 members (excludes halogenated alkanes) is 1. The Kier molecular flexibility index (Phi) is 8.33. The number of carbonyl (C=O) groups is 1. The number of carbonyl (C=O) groups excluding carboxylic acids is 1. The lowest BCUT2D eigenvalue weighted by molar-refractivity contribution is -0.153. The van der Waals surface area contributed by atoms with E-state index >= 15 is 0 Å². The molecule has 0 spiro atoms. The Hall–Kier alpha value is -1.65. The summed E-state index contributed by atoms with van der Waals surface area (Å²) in [5.41, 5.74) is 0.774. The predicted octanol–water partition coefficient (Wildman–Crippen LogP) is 5.58. The van der Waals surface area contributed by atoms with Crippen molar-refractivity contribution in [3.05, 3.63) is 29.8 Å². The average molecular weight is 368 g/mol. The molecule has 0 amide bonds. The summed E-state index contributed by atoms with van der Waals surface area (Å²) in [7, 11) is 1.18. The van der Waals surface area contributed by atoms with E-state index < -0.39 is 24.2 Å². The maximum absolute atomic E-state index is 13.8. The molecule has 1 fully saturated rings. The zero-order valence-corrected chi connectivity index (χ0v) is 15.8. The predicted molar refractivity (Wildman–Crippen MR) is 97.7 cm³/mol. The first-order chi connectivity index (χ1) is 12.6. The van der Waals surface area contributed by atoms with Crippen LogP contribution in [0, 0.1) is 11.8 Å². The van der Waals surface area contributed by atoms with Crippen molar-refractivity contribution in [3.8, 4) is 5.75 Å². The Morgan fingerprint density at radius 1 is 1.15 bits per heavy atom. The van der Waals surface area contributed by atoms with Crippen molar-refractivity contribution < 1.29 is 23.0 Å². The van der Waals surface area contributed by atoms with E-state index in [0.29, 0.717) is 6.61 Å². The highest BCUT2D eigenvalue weighted by Gasteiger charge is 2.42. The van der Waals surface area contributed by atoms with Crippen LogP contribution in [0.2, 0.25) is 0 Å². The monoisotopic (exact) mass is 368 g/mol. The van der Waals surface area contributed by atoms with E-state index in [1.807, 2.05) is 24.3 Å². The number of ether oxygens (including phenoxy) is 2. The van der Waals surface area contributed by atoms with Crippen LogP contribution >= 0.6 is 0 Å². The van der Waals surface area contributed by atoms with Gasteiger partial charge in [-0.3, -0.25) is 4.79 Å². The number of hydrogen-bond donors (Lipinski definition) is 0. The lowest BCUT2D eigenvalue weighted by Crippen LogP contribution is -2.35. The first kappa shape index (κ1) is 20.7. The summed E-state index contributed by atoms with van der Waals surface area (Å²) in [5, 5.41) is 0.